The molecule has 5 nitrogen and oxygen atoms in total. The average molecular weight is 173 g/mol. The summed E-state index contributed by atoms with van der Waals surface area (Å²) in [6.07, 6.45) is 7.46. The summed E-state index contributed by atoms with van der Waals surface area (Å²) in [5.74, 6) is 1.70. The third-order valence-corrected chi connectivity index (χ3v) is 2.05. The highest BCUT2D eigenvalue weighted by Gasteiger charge is 2.15. The van der Waals surface area contributed by atoms with E-state index in [9.17, 15) is 0 Å². The van der Waals surface area contributed by atoms with Crippen molar-refractivity contribution in [2.75, 3.05) is 11.9 Å². The van der Waals surface area contributed by atoms with Crippen LogP contribution in [0.15, 0.2) is 18.6 Å². The maximum absolute atomic E-state index is 4.15. The molecule has 0 saturated heterocycles. The monoisotopic (exact) mass is 173 g/mol. The molecule has 1 N–H and O–H groups in total. The molecule has 0 aliphatic carbocycles. The molecule has 64 valence electrons. The summed E-state index contributed by atoms with van der Waals surface area (Å²) >= 11 is 0. The van der Waals surface area contributed by atoms with Crippen LogP contribution in [0, 0.1) is 0 Å². The lowest BCUT2D eigenvalue weighted by Crippen LogP contribution is -2.12. The van der Waals surface area contributed by atoms with Crippen LogP contribution in [0.5, 0.6) is 0 Å². The van der Waals surface area contributed by atoms with Crippen molar-refractivity contribution in [3.05, 3.63) is 18.6 Å². The van der Waals surface area contributed by atoms with Gasteiger partial charge < -0.3 is 5.32 Å². The molecule has 0 fully saturated rings. The zero-order valence-corrected chi connectivity index (χ0v) is 6.81. The van der Waals surface area contributed by atoms with Gasteiger partial charge in [0.25, 0.3) is 0 Å². The van der Waals surface area contributed by atoms with Gasteiger partial charge in [0.05, 0.1) is 11.8 Å². The van der Waals surface area contributed by atoms with Crippen molar-refractivity contribution in [1.82, 2.24) is 19.7 Å². The second-order valence-electron chi connectivity index (χ2n) is 2.85. The van der Waals surface area contributed by atoms with Gasteiger partial charge in [-0.15, -0.1) is 5.10 Å². The zero-order valence-electron chi connectivity index (χ0n) is 6.81. The van der Waals surface area contributed by atoms with Crippen molar-refractivity contribution in [1.29, 1.82) is 0 Å². The molecule has 0 saturated carbocycles. The molecule has 0 bridgehead atoms. The minimum atomic E-state index is 0.689. The minimum absolute atomic E-state index is 0.689. The molecule has 3 rings (SSSR count). The summed E-state index contributed by atoms with van der Waals surface area (Å²) in [6, 6.07) is 0. The van der Waals surface area contributed by atoms with Crippen molar-refractivity contribution in [2.45, 2.75) is 0 Å². The van der Waals surface area contributed by atoms with Gasteiger partial charge in [-0.2, -0.15) is 5.10 Å². The van der Waals surface area contributed by atoms with Gasteiger partial charge in [0.15, 0.2) is 5.82 Å². The molecular formula is C8H7N5. The van der Waals surface area contributed by atoms with E-state index in [1.54, 1.807) is 12.5 Å². The van der Waals surface area contributed by atoms with Crippen LogP contribution in [0.25, 0.3) is 17.6 Å². The molecule has 3 heterocycles. The molecule has 0 aromatic heterocycles. The number of rotatable bonds is 0. The number of nitrogens with one attached hydrogen (secondary N) is 1. The lowest BCUT2D eigenvalue weighted by Gasteiger charge is -2.16. The van der Waals surface area contributed by atoms with E-state index >= 15 is 0 Å². The van der Waals surface area contributed by atoms with Crippen LogP contribution in [-0.4, -0.2) is 26.3 Å². The van der Waals surface area contributed by atoms with E-state index in [0.29, 0.717) is 5.82 Å². The van der Waals surface area contributed by atoms with E-state index in [4.69, 9.17) is 0 Å². The molecule has 0 aromatic rings. The quantitative estimate of drug-likeness (QED) is 0.636. The number of nitrogens with zero attached hydrogens (tertiary/aromatic N) is 4. The molecule has 0 spiro atoms. The first kappa shape index (κ1) is 6.59. The van der Waals surface area contributed by atoms with Gasteiger partial charge in [-0.1, -0.05) is 0 Å². The van der Waals surface area contributed by atoms with E-state index in [1.807, 2.05) is 16.8 Å². The first-order chi connectivity index (χ1) is 6.45. The van der Waals surface area contributed by atoms with Gasteiger partial charge in [-0.05, 0) is 6.08 Å². The Morgan fingerprint density at radius 2 is 2.46 bits per heavy atom. The van der Waals surface area contributed by atoms with Crippen LogP contribution in [0.3, 0.4) is 0 Å². The van der Waals surface area contributed by atoms with Crippen LogP contribution in [-0.2, 0) is 0 Å². The Labute approximate surface area is 74.5 Å². The van der Waals surface area contributed by atoms with Gasteiger partial charge in [-0.25, -0.2) is 4.98 Å². The highest BCUT2D eigenvalue weighted by atomic mass is 15.2. The molecule has 0 aromatic carbocycles. The largest absolute Gasteiger partial charge is 0.367 e. The average Bonchev–Trinajstić information content (AvgIpc) is 2.65. The molecule has 3 aliphatic heterocycles. The highest BCUT2D eigenvalue weighted by molar-refractivity contribution is 5.73. The second kappa shape index (κ2) is 2.29. The lowest BCUT2D eigenvalue weighted by atomic mass is 10.2. The molecule has 5 heteroatoms. The molecule has 0 atom stereocenters. The Kier molecular flexibility index (Phi) is 1.16. The van der Waals surface area contributed by atoms with Crippen molar-refractivity contribution >= 4 is 12.0 Å². The summed E-state index contributed by atoms with van der Waals surface area (Å²) in [6.45, 7) is 0.838. The first-order valence-corrected chi connectivity index (χ1v) is 4.04. The van der Waals surface area contributed by atoms with Crippen molar-refractivity contribution in [3.8, 4) is 11.4 Å². The Morgan fingerprint density at radius 1 is 1.46 bits per heavy atom. The van der Waals surface area contributed by atoms with Gasteiger partial charge in [0.1, 0.15) is 12.1 Å². The third kappa shape index (κ3) is 0.837. The highest BCUT2D eigenvalue weighted by Crippen LogP contribution is 2.26. The number of hydrogen-bond donors (Lipinski definition) is 1. The van der Waals surface area contributed by atoms with E-state index in [-0.39, 0.29) is 0 Å². The number of fused-ring (bicyclic) bond motifs is 3. The van der Waals surface area contributed by atoms with E-state index in [0.717, 1.165) is 17.9 Å². The van der Waals surface area contributed by atoms with Crippen LogP contribution in [0.4, 0.5) is 5.82 Å². The molecule has 0 unspecified atom stereocenters. The van der Waals surface area contributed by atoms with Gasteiger partial charge in [0, 0.05) is 12.7 Å². The fraction of sp³-hybridized carbons (Fsp3) is 0.125. The van der Waals surface area contributed by atoms with Crippen LogP contribution < -0.4 is 5.32 Å². The molecule has 13 heavy (non-hydrogen) atoms. The third-order valence-electron chi connectivity index (χ3n) is 2.05. The van der Waals surface area contributed by atoms with Crippen LogP contribution in [0.2, 0.25) is 0 Å². The van der Waals surface area contributed by atoms with Crippen molar-refractivity contribution < 1.29 is 0 Å². The Morgan fingerprint density at radius 3 is 3.46 bits per heavy atom. The van der Waals surface area contributed by atoms with Crippen LogP contribution in [0.1, 0.15) is 0 Å². The normalized spacial score (nSPS) is 14.2. The summed E-state index contributed by atoms with van der Waals surface area (Å²) < 4.78 is 1.93. The fourth-order valence-corrected chi connectivity index (χ4v) is 1.45. The van der Waals surface area contributed by atoms with Crippen molar-refractivity contribution in [2.24, 2.45) is 0 Å². The van der Waals surface area contributed by atoms with Gasteiger partial charge in [-0.3, -0.25) is 4.57 Å². The lowest BCUT2D eigenvalue weighted by molar-refractivity contribution is 0.984. The summed E-state index contributed by atoms with van der Waals surface area (Å²) in [7, 11) is 0. The summed E-state index contributed by atoms with van der Waals surface area (Å²) in [5.41, 5.74) is 0.965. The standard InChI is InChI=1S/C8H7N5/c1-2-9-8-6-4-11-12-7(6)10-5-13(8)3-1/h1,3-5,9H,2H2. The summed E-state index contributed by atoms with van der Waals surface area (Å²) in [4.78, 5) is 4.15. The predicted octanol–water partition coefficient (Wildman–Crippen LogP) is 0.674. The zero-order chi connectivity index (χ0) is 8.67. The second-order valence-corrected chi connectivity index (χ2v) is 2.85. The fourth-order valence-electron chi connectivity index (χ4n) is 1.45. The van der Waals surface area contributed by atoms with E-state index < -0.39 is 0 Å². The van der Waals surface area contributed by atoms with Gasteiger partial charge in [0.2, 0.25) is 0 Å². The SMILES string of the molecule is C1=Cn2cnc3nncc-3c2NC1. The number of hydrogen-bond acceptors (Lipinski definition) is 4. The predicted molar refractivity (Wildman–Crippen MR) is 48.3 cm³/mol. The van der Waals surface area contributed by atoms with Crippen LogP contribution >= 0.6 is 0 Å². The minimum Gasteiger partial charge on any atom is -0.367 e. The van der Waals surface area contributed by atoms with E-state index in [2.05, 4.69) is 20.5 Å². The van der Waals surface area contributed by atoms with Crippen molar-refractivity contribution in [3.63, 3.8) is 0 Å². The molecule has 0 radical (unpaired) electrons. The Hall–Kier alpha value is -1.91. The Balaban J connectivity index is 2.36. The van der Waals surface area contributed by atoms with Gasteiger partial charge >= 0.3 is 0 Å². The smallest absolute Gasteiger partial charge is 0.188 e. The molecule has 0 amide bonds. The molecular weight excluding hydrogens is 166 g/mol. The maximum Gasteiger partial charge on any atom is 0.188 e. The Bertz CT molecular complexity index is 444. The number of anilines is 1. The molecule has 3 aliphatic rings. The maximum atomic E-state index is 4.15. The van der Waals surface area contributed by atoms with E-state index in [1.165, 1.54) is 0 Å². The number of aromatic nitrogens is 4. The first-order valence-electron chi connectivity index (χ1n) is 4.04. The topological polar surface area (TPSA) is 55.6 Å². The summed E-state index contributed by atoms with van der Waals surface area (Å²) in [5, 5.41) is 11.0.